The molecular formula is C33H42N4O6S2. The van der Waals surface area contributed by atoms with Crippen LogP contribution in [0.4, 0.5) is 0 Å². The number of carboxylic acids is 2. The van der Waals surface area contributed by atoms with Crippen LogP contribution in [-0.4, -0.2) is 55.9 Å². The molecule has 1 aromatic heterocycles. The van der Waals surface area contributed by atoms with E-state index in [1.807, 2.05) is 39.0 Å². The Labute approximate surface area is 273 Å². The largest absolute Gasteiger partial charge is 0.481 e. The summed E-state index contributed by atoms with van der Waals surface area (Å²) in [6.07, 6.45) is 7.90. The molecule has 1 unspecified atom stereocenters. The first-order chi connectivity index (χ1) is 21.4. The fourth-order valence-corrected chi connectivity index (χ4v) is 7.86. The monoisotopic (exact) mass is 654 g/mol. The molecule has 5 heterocycles. The molecule has 0 bridgehead atoms. The lowest BCUT2D eigenvalue weighted by Crippen LogP contribution is -2.38. The van der Waals surface area contributed by atoms with Gasteiger partial charge < -0.3 is 25.8 Å². The first kappa shape index (κ1) is 33.2. The molecule has 4 aliphatic rings. The number of aromatic amines is 1. The molecule has 0 aliphatic carbocycles. The Hall–Kier alpha value is -3.19. The highest BCUT2D eigenvalue weighted by atomic mass is 32.2. The molecule has 0 aromatic carbocycles. The number of amides is 1. The van der Waals surface area contributed by atoms with Crippen molar-refractivity contribution in [2.75, 3.05) is 5.75 Å². The van der Waals surface area contributed by atoms with Crippen LogP contribution in [-0.2, 0) is 25.0 Å². The summed E-state index contributed by atoms with van der Waals surface area (Å²) in [7, 11) is 0. The Kier molecular flexibility index (Phi) is 9.79. The first-order valence-corrected chi connectivity index (χ1v) is 16.7. The molecule has 12 heteroatoms. The van der Waals surface area contributed by atoms with Gasteiger partial charge in [-0.25, -0.2) is 0 Å². The van der Waals surface area contributed by atoms with Crippen LogP contribution < -0.4 is 16.0 Å². The van der Waals surface area contributed by atoms with Crippen molar-refractivity contribution in [3.8, 4) is 0 Å². The van der Waals surface area contributed by atoms with Gasteiger partial charge in [0.15, 0.2) is 0 Å². The molecule has 2 saturated heterocycles. The summed E-state index contributed by atoms with van der Waals surface area (Å²) in [6.45, 7) is 12.0. The fraction of sp³-hybridized carbons (Fsp3) is 0.485. The van der Waals surface area contributed by atoms with E-state index in [-0.39, 0.29) is 42.7 Å². The lowest BCUT2D eigenvalue weighted by Gasteiger charge is -2.20. The van der Waals surface area contributed by atoms with Crippen LogP contribution >= 0.6 is 24.7 Å². The number of aliphatic carboxylic acids is 2. The normalized spacial score (nSPS) is 29.3. The summed E-state index contributed by atoms with van der Waals surface area (Å²) < 4.78 is 5.67. The zero-order valence-corrected chi connectivity index (χ0v) is 27.8. The summed E-state index contributed by atoms with van der Waals surface area (Å²) >= 11 is 5.79. The van der Waals surface area contributed by atoms with E-state index in [0.29, 0.717) is 18.6 Å². The van der Waals surface area contributed by atoms with Crippen LogP contribution in [0.15, 0.2) is 46.3 Å². The van der Waals surface area contributed by atoms with Gasteiger partial charge in [0.25, 0.3) is 0 Å². The number of hydrogen-bond acceptors (Lipinski definition) is 8. The average molecular weight is 655 g/mol. The lowest BCUT2D eigenvalue weighted by atomic mass is 9.91. The summed E-state index contributed by atoms with van der Waals surface area (Å²) in [4.78, 5) is 39.2. The Balaban J connectivity index is 1.50. The number of carbonyl (C=O) groups excluding carboxylic acids is 1. The van der Waals surface area contributed by atoms with Crippen molar-refractivity contribution in [2.24, 2.45) is 11.8 Å². The fourth-order valence-electron chi connectivity index (χ4n) is 6.83. The zero-order valence-electron chi connectivity index (χ0n) is 26.1. The van der Waals surface area contributed by atoms with Gasteiger partial charge in [-0.1, -0.05) is 19.6 Å². The number of allylic oxidation sites excluding steroid dienone is 2. The highest BCUT2D eigenvalue weighted by Crippen LogP contribution is 2.55. The maximum absolute atomic E-state index is 12.5. The Morgan fingerprint density at radius 2 is 1.76 bits per heavy atom. The maximum atomic E-state index is 12.5. The number of aromatic nitrogens is 1. The molecule has 1 spiro atoms. The molecule has 1 aromatic rings. The SMILES string of the molecule is C=CC1=C(C)[C@@H](CC2N/C(=C/c3[nH]c(/C=C4/NC(=O)[C@H](C)[C@H]4CCS)c(C)c3CCC(=O)O)C(CCC(=O)O)=C2C)N[C@]12OS2. The molecule has 5 rings (SSSR count). The van der Waals surface area contributed by atoms with Crippen molar-refractivity contribution < 1.29 is 28.8 Å². The quantitative estimate of drug-likeness (QED) is 0.0877. The molecule has 5 atom stereocenters. The number of hydrogen-bond donors (Lipinski definition) is 7. The predicted octanol–water partition coefficient (Wildman–Crippen LogP) is 5.07. The Morgan fingerprint density at radius 1 is 1.07 bits per heavy atom. The predicted molar refractivity (Wildman–Crippen MR) is 179 cm³/mol. The van der Waals surface area contributed by atoms with E-state index in [9.17, 15) is 24.6 Å². The van der Waals surface area contributed by atoms with E-state index in [4.69, 9.17) is 4.18 Å². The maximum Gasteiger partial charge on any atom is 0.303 e. The molecule has 6 N–H and O–H groups in total. The van der Waals surface area contributed by atoms with Crippen molar-refractivity contribution >= 4 is 54.7 Å². The second kappa shape index (κ2) is 13.3. The van der Waals surface area contributed by atoms with E-state index in [1.165, 1.54) is 17.6 Å². The van der Waals surface area contributed by atoms with Crippen LogP contribution in [0.25, 0.3) is 12.2 Å². The number of carbonyl (C=O) groups is 3. The van der Waals surface area contributed by atoms with Gasteiger partial charge in [-0.15, -0.1) is 0 Å². The standard InChI is InChI=1S/C33H42N4O6S2/c1-6-23-19(5)26(37-33(23)43-45-33)13-24-16(2)20(7-9-30(38)39)27(34-24)15-28-21(8-10-31(40)41)17(3)25(35-28)14-29-22(11-12-44)18(4)32(42)36-29/h6,14-15,18,22,24,26,34-35,37,44H,1,7-13H2,2-5H3,(H,36,42)(H,38,39)(H,40,41)/b27-15+,29-14+/t18-,22-,24?,26-,33+/m1/s1. The molecule has 10 nitrogen and oxygen atoms in total. The van der Waals surface area contributed by atoms with Gasteiger partial charge in [0.2, 0.25) is 11.0 Å². The Morgan fingerprint density at radius 3 is 2.36 bits per heavy atom. The smallest absolute Gasteiger partial charge is 0.303 e. The molecule has 2 fully saturated rings. The van der Waals surface area contributed by atoms with Crippen molar-refractivity contribution in [3.63, 3.8) is 0 Å². The van der Waals surface area contributed by atoms with Gasteiger partial charge >= 0.3 is 11.9 Å². The first-order valence-electron chi connectivity index (χ1n) is 15.3. The molecule has 1 amide bonds. The van der Waals surface area contributed by atoms with Crippen LogP contribution in [0.3, 0.4) is 0 Å². The van der Waals surface area contributed by atoms with Crippen LogP contribution in [0.2, 0.25) is 0 Å². The van der Waals surface area contributed by atoms with E-state index < -0.39 is 17.0 Å². The number of nitrogens with one attached hydrogen (secondary N) is 4. The summed E-state index contributed by atoms with van der Waals surface area (Å²) in [6, 6.07) is 0.00146. The van der Waals surface area contributed by atoms with Crippen LogP contribution in [0.1, 0.15) is 75.4 Å². The number of thiol groups is 1. The topological polar surface area (TPSA) is 156 Å². The number of carboxylic acid groups (broad SMARTS) is 2. The molecule has 45 heavy (non-hydrogen) atoms. The van der Waals surface area contributed by atoms with E-state index in [2.05, 4.69) is 47.1 Å². The second-order valence-electron chi connectivity index (χ2n) is 12.3. The zero-order chi connectivity index (χ0) is 32.6. The highest BCUT2D eigenvalue weighted by molar-refractivity contribution is 8.01. The third kappa shape index (κ3) is 6.70. The van der Waals surface area contributed by atoms with Gasteiger partial charge in [0.1, 0.15) is 0 Å². The van der Waals surface area contributed by atoms with Crippen LogP contribution in [0, 0.1) is 18.8 Å². The van der Waals surface area contributed by atoms with Crippen molar-refractivity contribution in [2.45, 2.75) is 83.4 Å². The summed E-state index contributed by atoms with van der Waals surface area (Å²) in [5.41, 5.74) is 9.25. The Bertz CT molecular complexity index is 1550. The van der Waals surface area contributed by atoms with Crippen molar-refractivity contribution in [1.29, 1.82) is 0 Å². The third-order valence-corrected chi connectivity index (χ3v) is 10.7. The molecule has 4 aliphatic heterocycles. The van der Waals surface area contributed by atoms with Crippen molar-refractivity contribution in [1.82, 2.24) is 20.9 Å². The van der Waals surface area contributed by atoms with Gasteiger partial charge in [0.05, 0.1) is 12.0 Å². The third-order valence-electron chi connectivity index (χ3n) is 9.59. The molecule has 0 saturated carbocycles. The van der Waals surface area contributed by atoms with Gasteiger partial charge in [0, 0.05) is 65.1 Å². The minimum atomic E-state index is -0.890. The van der Waals surface area contributed by atoms with Gasteiger partial charge in [-0.05, 0) is 92.2 Å². The van der Waals surface area contributed by atoms with Crippen LogP contribution in [0.5, 0.6) is 0 Å². The van der Waals surface area contributed by atoms with E-state index >= 15 is 0 Å². The number of H-pyrrole nitrogens is 1. The summed E-state index contributed by atoms with van der Waals surface area (Å²) in [5, 5.41) is 28.8. The second-order valence-corrected chi connectivity index (χ2v) is 13.6. The van der Waals surface area contributed by atoms with Gasteiger partial charge in [-0.3, -0.25) is 23.9 Å². The van der Waals surface area contributed by atoms with Gasteiger partial charge in [-0.2, -0.15) is 12.6 Å². The average Bonchev–Trinajstić information content (AvgIpc) is 3.41. The van der Waals surface area contributed by atoms with Crippen molar-refractivity contribution in [3.05, 3.63) is 68.9 Å². The minimum Gasteiger partial charge on any atom is -0.481 e. The summed E-state index contributed by atoms with van der Waals surface area (Å²) in [5.74, 6) is -1.27. The van der Waals surface area contributed by atoms with E-state index in [1.54, 1.807) is 0 Å². The lowest BCUT2D eigenvalue weighted by molar-refractivity contribution is -0.138. The molecular weight excluding hydrogens is 613 g/mol. The molecule has 0 radical (unpaired) electrons. The molecule has 242 valence electrons. The van der Waals surface area contributed by atoms with E-state index in [0.717, 1.165) is 63.5 Å². The number of rotatable bonds is 13. The minimum absolute atomic E-state index is 0.00931. The highest BCUT2D eigenvalue weighted by Gasteiger charge is 2.56.